The third-order valence-electron chi connectivity index (χ3n) is 0.375. The fourth-order valence-corrected chi connectivity index (χ4v) is 0.525. The van der Waals surface area contributed by atoms with E-state index in [0.29, 0.717) is 4.86 Å². The quantitative estimate of drug-likeness (QED) is 0.461. The van der Waals surface area contributed by atoms with Gasteiger partial charge in [0.25, 0.3) is 0 Å². The Balaban J connectivity index is 3.35. The van der Waals surface area contributed by atoms with Crippen molar-refractivity contribution in [1.29, 1.82) is 0 Å². The Labute approximate surface area is 62.7 Å². The number of rotatable bonds is 2. The van der Waals surface area contributed by atoms with E-state index in [4.69, 9.17) is 34.8 Å². The van der Waals surface area contributed by atoms with Gasteiger partial charge in [-0.3, -0.25) is 0 Å². The second kappa shape index (κ2) is 3.90. The van der Waals surface area contributed by atoms with Crippen LogP contribution in [0.3, 0.4) is 0 Å². The van der Waals surface area contributed by atoms with Crippen molar-refractivity contribution in [1.82, 2.24) is 0 Å². The highest BCUT2D eigenvalue weighted by atomic mass is 35.5. The highest BCUT2D eigenvalue weighted by Gasteiger charge is 2.02. The molecule has 0 spiro atoms. The van der Waals surface area contributed by atoms with Crippen LogP contribution in [0.5, 0.6) is 0 Å². The highest BCUT2D eigenvalue weighted by Crippen LogP contribution is 2.05. The van der Waals surface area contributed by atoms with E-state index in [1.165, 1.54) is 0 Å². The first-order valence-electron chi connectivity index (χ1n) is 1.55. The Kier molecular flexibility index (Phi) is 4.44. The van der Waals surface area contributed by atoms with Gasteiger partial charge in [-0.2, -0.15) is 0 Å². The summed E-state index contributed by atoms with van der Waals surface area (Å²) >= 11 is 20.4. The summed E-state index contributed by atoms with van der Waals surface area (Å²) in [5.74, 6) is 0.257. The van der Waals surface area contributed by atoms with Gasteiger partial charge in [-0.25, -0.2) is 0 Å². The van der Waals surface area contributed by atoms with E-state index in [2.05, 4.69) is 12.2 Å². The summed E-state index contributed by atoms with van der Waals surface area (Å²) < 4.78 is 0. The minimum Gasteiger partial charge on any atom is -0.121 e. The molecular weight excluding hydrogens is 174 g/mol. The average molecular weight is 177 g/mol. The smallest absolute Gasteiger partial charge is 0.121 e. The molecule has 0 bridgehead atoms. The Morgan fingerprint density at radius 3 is 2.00 bits per heavy atom. The van der Waals surface area contributed by atoms with Crippen LogP contribution in [0, 0.1) is 0 Å². The normalized spacial score (nSPS) is 9.71. The molecule has 0 saturated heterocycles. The SMILES string of the molecule is S=C(CCl)C(Cl)Cl. The van der Waals surface area contributed by atoms with Crippen molar-refractivity contribution in [2.24, 2.45) is 0 Å². The van der Waals surface area contributed by atoms with E-state index in [0.717, 1.165) is 0 Å². The number of hydrogen-bond acceptors (Lipinski definition) is 1. The van der Waals surface area contributed by atoms with Crippen LogP contribution in [0.4, 0.5) is 0 Å². The lowest BCUT2D eigenvalue weighted by Gasteiger charge is -1.94. The molecule has 0 aromatic rings. The first-order valence-corrected chi connectivity index (χ1v) is 3.37. The highest BCUT2D eigenvalue weighted by molar-refractivity contribution is 7.81. The first-order chi connectivity index (χ1) is 3.18. The van der Waals surface area contributed by atoms with Gasteiger partial charge in [0.05, 0.1) is 5.88 Å². The van der Waals surface area contributed by atoms with Gasteiger partial charge in [0.1, 0.15) is 4.84 Å². The monoisotopic (exact) mass is 176 g/mol. The van der Waals surface area contributed by atoms with Crippen LogP contribution >= 0.6 is 47.0 Å². The first kappa shape index (κ1) is 7.96. The predicted octanol–water partition coefficient (Wildman–Crippen LogP) is 2.40. The zero-order chi connectivity index (χ0) is 5.86. The summed E-state index contributed by atoms with van der Waals surface area (Å²) in [5, 5.41) is 0. The molecule has 0 rings (SSSR count). The van der Waals surface area contributed by atoms with Gasteiger partial charge in [-0.05, 0) is 0 Å². The third-order valence-corrected chi connectivity index (χ3v) is 1.99. The van der Waals surface area contributed by atoms with Gasteiger partial charge in [-0.1, -0.05) is 35.4 Å². The molecule has 0 aliphatic carbocycles. The second-order valence-electron chi connectivity index (χ2n) is 0.901. The maximum Gasteiger partial charge on any atom is 0.140 e. The Morgan fingerprint density at radius 2 is 2.00 bits per heavy atom. The number of halogens is 3. The van der Waals surface area contributed by atoms with Gasteiger partial charge < -0.3 is 0 Å². The van der Waals surface area contributed by atoms with Crippen molar-refractivity contribution in [2.75, 3.05) is 5.88 Å². The minimum atomic E-state index is -0.590. The number of alkyl halides is 3. The molecule has 0 nitrogen and oxygen atoms in total. The van der Waals surface area contributed by atoms with Crippen LogP contribution in [0.2, 0.25) is 0 Å². The van der Waals surface area contributed by atoms with Crippen LogP contribution in [-0.2, 0) is 0 Å². The lowest BCUT2D eigenvalue weighted by molar-refractivity contribution is 1.73. The van der Waals surface area contributed by atoms with E-state index in [9.17, 15) is 0 Å². The van der Waals surface area contributed by atoms with Crippen molar-refractivity contribution in [3.8, 4) is 0 Å². The van der Waals surface area contributed by atoms with Crippen molar-refractivity contribution >= 4 is 51.9 Å². The summed E-state index contributed by atoms with van der Waals surface area (Å²) in [6.07, 6.45) is 0. The second-order valence-corrected chi connectivity index (χ2v) is 2.79. The molecule has 0 aliphatic heterocycles. The van der Waals surface area contributed by atoms with Crippen LogP contribution < -0.4 is 0 Å². The molecular formula is C3H3Cl3S. The summed E-state index contributed by atoms with van der Waals surface area (Å²) in [6, 6.07) is 0. The molecule has 0 aromatic carbocycles. The molecule has 0 saturated carbocycles. The molecule has 7 heavy (non-hydrogen) atoms. The topological polar surface area (TPSA) is 0 Å². The summed E-state index contributed by atoms with van der Waals surface area (Å²) in [7, 11) is 0. The van der Waals surface area contributed by atoms with Crippen molar-refractivity contribution in [2.45, 2.75) is 4.84 Å². The Morgan fingerprint density at radius 1 is 1.57 bits per heavy atom. The number of hydrogen-bond donors (Lipinski definition) is 0. The molecule has 0 aromatic heterocycles. The Bertz CT molecular complexity index is 70.6. The summed E-state index contributed by atoms with van der Waals surface area (Å²) in [6.45, 7) is 0. The molecule has 42 valence electrons. The summed E-state index contributed by atoms with van der Waals surface area (Å²) in [4.78, 5) is -0.113. The summed E-state index contributed by atoms with van der Waals surface area (Å²) in [5.41, 5.74) is 0. The fourth-order valence-electron chi connectivity index (χ4n) is 0.0583. The molecule has 4 heteroatoms. The van der Waals surface area contributed by atoms with E-state index < -0.39 is 4.84 Å². The molecule has 0 fully saturated rings. The zero-order valence-electron chi connectivity index (χ0n) is 3.33. The van der Waals surface area contributed by atoms with Crippen molar-refractivity contribution in [3.63, 3.8) is 0 Å². The van der Waals surface area contributed by atoms with Crippen LogP contribution in [-0.4, -0.2) is 15.6 Å². The van der Waals surface area contributed by atoms with Crippen molar-refractivity contribution in [3.05, 3.63) is 0 Å². The lowest BCUT2D eigenvalue weighted by Crippen LogP contribution is -2.04. The minimum absolute atomic E-state index is 0.257. The Hall–Kier alpha value is 0.960. The van der Waals surface area contributed by atoms with Crippen molar-refractivity contribution < 1.29 is 0 Å². The number of thiocarbonyl (C=S) groups is 1. The van der Waals surface area contributed by atoms with Gasteiger partial charge in [-0.15, -0.1) is 11.6 Å². The maximum absolute atomic E-state index is 5.27. The van der Waals surface area contributed by atoms with Gasteiger partial charge in [0, 0.05) is 4.86 Å². The van der Waals surface area contributed by atoms with E-state index in [1.807, 2.05) is 0 Å². The van der Waals surface area contributed by atoms with Gasteiger partial charge in [0.15, 0.2) is 0 Å². The third kappa shape index (κ3) is 3.53. The fraction of sp³-hybridized carbons (Fsp3) is 0.667. The van der Waals surface area contributed by atoms with Crippen LogP contribution in [0.15, 0.2) is 0 Å². The molecule has 0 amide bonds. The molecule has 0 aliphatic rings. The van der Waals surface area contributed by atoms with E-state index in [-0.39, 0.29) is 5.88 Å². The molecule has 0 N–H and O–H groups in total. The van der Waals surface area contributed by atoms with Crippen LogP contribution in [0.1, 0.15) is 0 Å². The van der Waals surface area contributed by atoms with Gasteiger partial charge in [0.2, 0.25) is 0 Å². The van der Waals surface area contributed by atoms with E-state index in [1.54, 1.807) is 0 Å². The van der Waals surface area contributed by atoms with Crippen LogP contribution in [0.25, 0.3) is 0 Å². The lowest BCUT2D eigenvalue weighted by atomic mass is 10.6. The molecule has 0 radical (unpaired) electrons. The zero-order valence-corrected chi connectivity index (χ0v) is 6.41. The average Bonchev–Trinajstić information content (AvgIpc) is 1.65. The van der Waals surface area contributed by atoms with E-state index >= 15 is 0 Å². The molecule has 0 atom stereocenters. The predicted molar refractivity (Wildman–Crippen MR) is 38.8 cm³/mol. The largest absolute Gasteiger partial charge is 0.140 e. The van der Waals surface area contributed by atoms with Gasteiger partial charge >= 0.3 is 0 Å². The standard InChI is InChI=1S/C3H3Cl3S/c4-1-2(7)3(5)6/h3H,1H2. The maximum atomic E-state index is 5.27. The molecule has 0 heterocycles. The molecule has 0 unspecified atom stereocenters.